The third-order valence-electron chi connectivity index (χ3n) is 2.67. The van der Waals surface area contributed by atoms with E-state index in [-0.39, 0.29) is 17.0 Å². The van der Waals surface area contributed by atoms with E-state index in [9.17, 15) is 23.3 Å². The number of ketones is 1. The predicted octanol–water partition coefficient (Wildman–Crippen LogP) is 1.60. The number of nitro benzene ring substituents is 1. The summed E-state index contributed by atoms with van der Waals surface area (Å²) in [5.41, 5.74) is 0.0164. The van der Waals surface area contributed by atoms with Crippen molar-refractivity contribution in [3.05, 3.63) is 39.9 Å². The molecule has 0 saturated heterocycles. The van der Waals surface area contributed by atoms with Crippen molar-refractivity contribution in [3.63, 3.8) is 0 Å². The highest BCUT2D eigenvalue weighted by atomic mass is 32.2. The molecule has 18 heavy (non-hydrogen) atoms. The molecule has 1 atom stereocenters. The van der Waals surface area contributed by atoms with Gasteiger partial charge in [0, 0.05) is 23.4 Å². The number of carbonyl (C=O) groups excluding carboxylic acids is 1. The number of rotatable bonds is 5. The van der Waals surface area contributed by atoms with Gasteiger partial charge in [-0.2, -0.15) is 0 Å². The standard InChI is InChI=1S/C11H13NO5S/c1-3-18(16,17)8(2)11(13)9-4-6-10(7-5-9)12(14)15/h4-8H,3H2,1-2H3/t8-/m0/s1. The van der Waals surface area contributed by atoms with Gasteiger partial charge in [-0.25, -0.2) is 8.42 Å². The van der Waals surface area contributed by atoms with E-state index in [4.69, 9.17) is 0 Å². The van der Waals surface area contributed by atoms with Crippen LogP contribution in [0.25, 0.3) is 0 Å². The Hall–Kier alpha value is -1.76. The van der Waals surface area contributed by atoms with Crippen molar-refractivity contribution in [1.82, 2.24) is 0 Å². The summed E-state index contributed by atoms with van der Waals surface area (Å²) in [6.07, 6.45) is 0. The lowest BCUT2D eigenvalue weighted by Gasteiger charge is -2.09. The Morgan fingerprint density at radius 2 is 1.83 bits per heavy atom. The Morgan fingerprint density at radius 1 is 1.33 bits per heavy atom. The molecule has 6 nitrogen and oxygen atoms in total. The minimum Gasteiger partial charge on any atom is -0.293 e. The van der Waals surface area contributed by atoms with Crippen LogP contribution in [-0.2, 0) is 9.84 Å². The molecule has 1 aromatic carbocycles. The Balaban J connectivity index is 3.02. The average molecular weight is 271 g/mol. The van der Waals surface area contributed by atoms with Gasteiger partial charge >= 0.3 is 0 Å². The maximum atomic E-state index is 11.9. The van der Waals surface area contributed by atoms with E-state index < -0.39 is 25.8 Å². The molecular formula is C11H13NO5S. The molecule has 0 unspecified atom stereocenters. The summed E-state index contributed by atoms with van der Waals surface area (Å²) in [6.45, 7) is 2.79. The molecule has 0 amide bonds. The van der Waals surface area contributed by atoms with Gasteiger partial charge in [0.1, 0.15) is 5.25 Å². The van der Waals surface area contributed by atoms with Crippen molar-refractivity contribution < 1.29 is 18.1 Å². The van der Waals surface area contributed by atoms with Crippen molar-refractivity contribution in [2.24, 2.45) is 0 Å². The normalized spacial score (nSPS) is 13.0. The predicted molar refractivity (Wildman–Crippen MR) is 66.3 cm³/mol. The third kappa shape index (κ3) is 2.92. The Morgan fingerprint density at radius 3 is 2.22 bits per heavy atom. The summed E-state index contributed by atoms with van der Waals surface area (Å²) < 4.78 is 23.1. The van der Waals surface area contributed by atoms with Gasteiger partial charge in [0.25, 0.3) is 5.69 Å². The van der Waals surface area contributed by atoms with E-state index >= 15 is 0 Å². The summed E-state index contributed by atoms with van der Waals surface area (Å²) in [5, 5.41) is 9.31. The lowest BCUT2D eigenvalue weighted by atomic mass is 10.1. The van der Waals surface area contributed by atoms with Crippen LogP contribution in [-0.4, -0.2) is 30.1 Å². The van der Waals surface area contributed by atoms with Crippen LogP contribution in [0.4, 0.5) is 5.69 Å². The van der Waals surface area contributed by atoms with Crippen molar-refractivity contribution in [2.45, 2.75) is 19.1 Å². The monoisotopic (exact) mass is 271 g/mol. The van der Waals surface area contributed by atoms with Crippen LogP contribution in [0.1, 0.15) is 24.2 Å². The molecule has 0 aliphatic carbocycles. The number of nitro groups is 1. The van der Waals surface area contributed by atoms with Crippen LogP contribution < -0.4 is 0 Å². The second kappa shape index (κ2) is 5.26. The number of sulfone groups is 1. The molecular weight excluding hydrogens is 258 g/mol. The number of benzene rings is 1. The van der Waals surface area contributed by atoms with Gasteiger partial charge in [-0.05, 0) is 19.1 Å². The Labute approximate surface area is 105 Å². The number of nitrogens with zero attached hydrogens (tertiary/aromatic N) is 1. The van der Waals surface area contributed by atoms with Crippen LogP contribution in [0.3, 0.4) is 0 Å². The van der Waals surface area contributed by atoms with E-state index in [0.29, 0.717) is 0 Å². The van der Waals surface area contributed by atoms with Crippen LogP contribution in [0, 0.1) is 10.1 Å². The minimum atomic E-state index is -3.46. The van der Waals surface area contributed by atoms with Crippen LogP contribution in [0.2, 0.25) is 0 Å². The molecule has 0 radical (unpaired) electrons. The Kier molecular flexibility index (Phi) is 4.18. The minimum absolute atomic E-state index is 0.118. The molecule has 7 heteroatoms. The summed E-state index contributed by atoms with van der Waals surface area (Å²) in [6, 6.07) is 4.89. The van der Waals surface area contributed by atoms with E-state index in [2.05, 4.69) is 0 Å². The largest absolute Gasteiger partial charge is 0.293 e. The van der Waals surface area contributed by atoms with Crippen molar-refractivity contribution >= 4 is 21.3 Å². The molecule has 1 aromatic rings. The second-order valence-corrected chi connectivity index (χ2v) is 6.37. The molecule has 0 aromatic heterocycles. The van der Waals surface area contributed by atoms with Gasteiger partial charge in [-0.1, -0.05) is 6.92 Å². The van der Waals surface area contributed by atoms with Crippen LogP contribution >= 0.6 is 0 Å². The summed E-state index contributed by atoms with van der Waals surface area (Å²) in [5.74, 6) is -0.667. The quantitative estimate of drug-likeness (QED) is 0.460. The van der Waals surface area contributed by atoms with Gasteiger partial charge in [-0.15, -0.1) is 0 Å². The summed E-state index contributed by atoms with van der Waals surface area (Å²) >= 11 is 0. The fourth-order valence-electron chi connectivity index (χ4n) is 1.40. The molecule has 0 heterocycles. The van der Waals surface area contributed by atoms with E-state index in [0.717, 1.165) is 0 Å². The summed E-state index contributed by atoms with van der Waals surface area (Å²) in [4.78, 5) is 21.7. The van der Waals surface area contributed by atoms with Gasteiger partial charge in [0.15, 0.2) is 15.6 Å². The molecule has 98 valence electrons. The van der Waals surface area contributed by atoms with Gasteiger partial charge < -0.3 is 0 Å². The van der Waals surface area contributed by atoms with E-state index in [1.807, 2.05) is 0 Å². The fraction of sp³-hybridized carbons (Fsp3) is 0.364. The average Bonchev–Trinajstić information content (AvgIpc) is 2.37. The van der Waals surface area contributed by atoms with Gasteiger partial charge in [0.2, 0.25) is 0 Å². The van der Waals surface area contributed by atoms with Crippen molar-refractivity contribution in [1.29, 1.82) is 0 Å². The van der Waals surface area contributed by atoms with Crippen molar-refractivity contribution in [2.75, 3.05) is 5.75 Å². The second-order valence-electron chi connectivity index (χ2n) is 3.76. The lowest BCUT2D eigenvalue weighted by molar-refractivity contribution is -0.384. The SMILES string of the molecule is CCS(=O)(=O)[C@@H](C)C(=O)c1ccc([N+](=O)[O-])cc1. The number of carbonyl (C=O) groups is 1. The highest BCUT2D eigenvalue weighted by Gasteiger charge is 2.27. The van der Waals surface area contributed by atoms with Crippen LogP contribution in [0.15, 0.2) is 24.3 Å². The number of hydrogen-bond acceptors (Lipinski definition) is 5. The first-order valence-corrected chi connectivity index (χ1v) is 7.01. The van der Waals surface area contributed by atoms with Gasteiger partial charge in [-0.3, -0.25) is 14.9 Å². The maximum absolute atomic E-state index is 11.9. The number of Topliss-reactive ketones (excluding diaryl/α,β-unsaturated/α-hetero) is 1. The van der Waals surface area contributed by atoms with Crippen LogP contribution in [0.5, 0.6) is 0 Å². The molecule has 0 saturated carbocycles. The first-order chi connectivity index (χ1) is 8.29. The molecule has 0 aliphatic heterocycles. The highest BCUT2D eigenvalue weighted by Crippen LogP contribution is 2.15. The molecule has 0 N–H and O–H groups in total. The molecule has 0 spiro atoms. The Bertz CT molecular complexity index is 562. The fourth-order valence-corrected chi connectivity index (χ4v) is 2.36. The number of hydrogen-bond donors (Lipinski definition) is 0. The zero-order valence-electron chi connectivity index (χ0n) is 9.99. The molecule has 0 aliphatic rings. The zero-order chi connectivity index (χ0) is 13.9. The van der Waals surface area contributed by atoms with E-state index in [1.165, 1.54) is 38.1 Å². The molecule has 1 rings (SSSR count). The van der Waals surface area contributed by atoms with Gasteiger partial charge in [0.05, 0.1) is 4.92 Å². The lowest BCUT2D eigenvalue weighted by Crippen LogP contribution is -2.28. The smallest absolute Gasteiger partial charge is 0.269 e. The third-order valence-corrected chi connectivity index (χ3v) is 4.77. The number of non-ortho nitro benzene ring substituents is 1. The topological polar surface area (TPSA) is 94.3 Å². The summed E-state index contributed by atoms with van der Waals surface area (Å²) in [7, 11) is -3.46. The van der Waals surface area contributed by atoms with Crippen molar-refractivity contribution in [3.8, 4) is 0 Å². The molecule has 0 fully saturated rings. The van der Waals surface area contributed by atoms with E-state index in [1.54, 1.807) is 0 Å². The highest BCUT2D eigenvalue weighted by molar-refractivity contribution is 7.92. The first kappa shape index (κ1) is 14.3. The first-order valence-electron chi connectivity index (χ1n) is 5.30. The zero-order valence-corrected chi connectivity index (χ0v) is 10.8. The maximum Gasteiger partial charge on any atom is 0.269 e. The molecule has 0 bridgehead atoms.